The minimum atomic E-state index is -0.349. The van der Waals surface area contributed by atoms with Crippen molar-refractivity contribution >= 4 is 39.4 Å². The summed E-state index contributed by atoms with van der Waals surface area (Å²) >= 11 is 9.30. The third-order valence-corrected chi connectivity index (χ3v) is 3.58. The lowest BCUT2D eigenvalue weighted by molar-refractivity contribution is -0.142. The van der Waals surface area contributed by atoms with E-state index in [4.69, 9.17) is 16.3 Å². The number of ether oxygens (including phenoxy) is 2. The second-order valence-electron chi connectivity index (χ2n) is 4.16. The highest BCUT2D eigenvalue weighted by atomic mass is 79.9. The second kappa shape index (κ2) is 8.89. The van der Waals surface area contributed by atoms with Gasteiger partial charge < -0.3 is 14.4 Å². The first kappa shape index (κ1) is 17.8. The van der Waals surface area contributed by atoms with Crippen molar-refractivity contribution in [2.45, 2.75) is 13.3 Å². The first-order chi connectivity index (χ1) is 9.97. The lowest BCUT2D eigenvalue weighted by Crippen LogP contribution is -2.36. The van der Waals surface area contributed by atoms with Crippen LogP contribution in [0.2, 0.25) is 5.02 Å². The fourth-order valence-electron chi connectivity index (χ4n) is 1.61. The summed E-state index contributed by atoms with van der Waals surface area (Å²) in [4.78, 5) is 24.7. The van der Waals surface area contributed by atoms with Gasteiger partial charge in [-0.1, -0.05) is 27.5 Å². The Bertz CT molecular complexity index is 510. The number of likely N-dealkylation sites (N-methyl/N-ethyl adjacent to an activating group) is 1. The summed E-state index contributed by atoms with van der Waals surface area (Å²) in [6.07, 6.45) is 0.162. The molecule has 21 heavy (non-hydrogen) atoms. The van der Waals surface area contributed by atoms with Crippen LogP contribution in [0.4, 0.5) is 0 Å². The van der Waals surface area contributed by atoms with Gasteiger partial charge >= 0.3 is 5.97 Å². The number of hydrogen-bond donors (Lipinski definition) is 0. The third kappa shape index (κ3) is 5.93. The number of carbonyl (C=O) groups excluding carboxylic acids is 2. The van der Waals surface area contributed by atoms with E-state index in [9.17, 15) is 9.59 Å². The van der Waals surface area contributed by atoms with Crippen molar-refractivity contribution < 1.29 is 19.1 Å². The van der Waals surface area contributed by atoms with Gasteiger partial charge in [0.15, 0.2) is 6.61 Å². The molecule has 0 spiro atoms. The van der Waals surface area contributed by atoms with Crippen molar-refractivity contribution in [1.29, 1.82) is 0 Å². The highest BCUT2D eigenvalue weighted by molar-refractivity contribution is 9.10. The number of rotatable bonds is 7. The smallest absolute Gasteiger partial charge is 0.307 e. The Kier molecular flexibility index (Phi) is 7.53. The van der Waals surface area contributed by atoms with E-state index >= 15 is 0 Å². The molecular formula is C14H17BrClNO4. The Balaban J connectivity index is 2.52. The zero-order chi connectivity index (χ0) is 15.8. The van der Waals surface area contributed by atoms with E-state index in [2.05, 4.69) is 20.7 Å². The molecule has 0 heterocycles. The monoisotopic (exact) mass is 377 g/mol. The zero-order valence-corrected chi connectivity index (χ0v) is 14.2. The number of carbonyl (C=O) groups is 2. The molecule has 1 aromatic rings. The largest absolute Gasteiger partial charge is 0.482 e. The molecule has 0 radical (unpaired) electrons. The predicted molar refractivity (Wildman–Crippen MR) is 83.5 cm³/mol. The van der Waals surface area contributed by atoms with Crippen LogP contribution in [0.1, 0.15) is 13.3 Å². The highest BCUT2D eigenvalue weighted by Gasteiger charge is 2.15. The van der Waals surface area contributed by atoms with E-state index in [1.807, 2.05) is 6.92 Å². The fraction of sp³-hybridized carbons (Fsp3) is 0.429. The first-order valence-electron chi connectivity index (χ1n) is 6.40. The maximum absolute atomic E-state index is 12.0. The van der Waals surface area contributed by atoms with Crippen molar-refractivity contribution in [1.82, 2.24) is 4.90 Å². The van der Waals surface area contributed by atoms with Crippen LogP contribution >= 0.6 is 27.5 Å². The van der Waals surface area contributed by atoms with Gasteiger partial charge in [0.05, 0.1) is 18.6 Å². The first-order valence-corrected chi connectivity index (χ1v) is 7.57. The van der Waals surface area contributed by atoms with Gasteiger partial charge in [-0.05, 0) is 25.1 Å². The molecule has 1 rings (SSSR count). The summed E-state index contributed by atoms with van der Waals surface area (Å²) in [7, 11) is 1.32. The summed E-state index contributed by atoms with van der Waals surface area (Å²) in [5.74, 6) is -0.115. The average Bonchev–Trinajstić information content (AvgIpc) is 2.46. The summed E-state index contributed by atoms with van der Waals surface area (Å²) in [5.41, 5.74) is 0. The van der Waals surface area contributed by atoms with E-state index < -0.39 is 0 Å². The minimum Gasteiger partial charge on any atom is -0.482 e. The second-order valence-corrected chi connectivity index (χ2v) is 5.49. The van der Waals surface area contributed by atoms with Crippen molar-refractivity contribution in [3.05, 3.63) is 27.7 Å². The van der Waals surface area contributed by atoms with Crippen molar-refractivity contribution in [3.63, 3.8) is 0 Å². The van der Waals surface area contributed by atoms with E-state index in [1.54, 1.807) is 18.2 Å². The SMILES string of the molecule is CCN(CCC(=O)OC)C(=O)COc1ccc(Br)cc1Cl. The molecule has 0 bridgehead atoms. The fourth-order valence-corrected chi connectivity index (χ4v) is 2.34. The lowest BCUT2D eigenvalue weighted by atomic mass is 10.3. The van der Waals surface area contributed by atoms with Gasteiger partial charge in [-0.2, -0.15) is 0 Å². The summed E-state index contributed by atoms with van der Waals surface area (Å²) in [6, 6.07) is 5.15. The molecule has 0 atom stereocenters. The maximum atomic E-state index is 12.0. The Hall–Kier alpha value is -1.27. The van der Waals surface area contributed by atoms with Crippen LogP contribution < -0.4 is 4.74 Å². The summed E-state index contributed by atoms with van der Waals surface area (Å²) in [5, 5.41) is 0.426. The maximum Gasteiger partial charge on any atom is 0.307 e. The van der Waals surface area contributed by atoms with Crippen LogP contribution in [0.3, 0.4) is 0 Å². The van der Waals surface area contributed by atoms with E-state index in [-0.39, 0.29) is 24.9 Å². The lowest BCUT2D eigenvalue weighted by Gasteiger charge is -2.20. The molecule has 1 amide bonds. The van der Waals surface area contributed by atoms with Crippen LogP contribution in [0.15, 0.2) is 22.7 Å². The van der Waals surface area contributed by atoms with Gasteiger partial charge in [0.25, 0.3) is 5.91 Å². The Morgan fingerprint density at radius 1 is 1.38 bits per heavy atom. The quantitative estimate of drug-likeness (QED) is 0.685. The molecule has 0 aliphatic heterocycles. The molecular weight excluding hydrogens is 362 g/mol. The van der Waals surface area contributed by atoms with E-state index in [1.165, 1.54) is 12.0 Å². The van der Waals surface area contributed by atoms with Gasteiger partial charge in [0, 0.05) is 17.6 Å². The normalized spacial score (nSPS) is 10.1. The molecule has 0 aromatic heterocycles. The van der Waals surface area contributed by atoms with Crippen LogP contribution in [0.5, 0.6) is 5.75 Å². The number of esters is 1. The number of hydrogen-bond acceptors (Lipinski definition) is 4. The minimum absolute atomic E-state index is 0.129. The summed E-state index contributed by atoms with van der Waals surface area (Å²) in [6.45, 7) is 2.50. The molecule has 0 aliphatic rings. The standard InChI is InChI=1S/C14H17BrClNO4/c1-3-17(7-6-14(19)20-2)13(18)9-21-12-5-4-10(15)8-11(12)16/h4-5,8H,3,6-7,9H2,1-2H3. The molecule has 0 unspecified atom stereocenters. The molecule has 0 N–H and O–H groups in total. The Morgan fingerprint density at radius 3 is 2.67 bits per heavy atom. The van der Waals surface area contributed by atoms with E-state index in [0.29, 0.717) is 23.9 Å². The third-order valence-electron chi connectivity index (χ3n) is 2.79. The van der Waals surface area contributed by atoms with Gasteiger partial charge in [-0.15, -0.1) is 0 Å². The van der Waals surface area contributed by atoms with E-state index in [0.717, 1.165) is 4.47 Å². The topological polar surface area (TPSA) is 55.8 Å². The Labute approximate surface area is 137 Å². The van der Waals surface area contributed by atoms with Gasteiger partial charge in [-0.25, -0.2) is 0 Å². The zero-order valence-electron chi connectivity index (χ0n) is 11.9. The number of nitrogens with zero attached hydrogens (tertiary/aromatic N) is 1. The van der Waals surface area contributed by atoms with Crippen LogP contribution in [0.25, 0.3) is 0 Å². The number of methoxy groups -OCH3 is 1. The van der Waals surface area contributed by atoms with Gasteiger partial charge in [0.2, 0.25) is 0 Å². The van der Waals surface area contributed by atoms with Crippen LogP contribution in [0, 0.1) is 0 Å². The number of halogens is 2. The molecule has 1 aromatic carbocycles. The molecule has 116 valence electrons. The molecule has 7 heteroatoms. The predicted octanol–water partition coefficient (Wildman–Crippen LogP) is 2.89. The molecule has 0 saturated carbocycles. The van der Waals surface area contributed by atoms with Crippen molar-refractivity contribution in [2.75, 3.05) is 26.8 Å². The van der Waals surface area contributed by atoms with Gasteiger partial charge in [0.1, 0.15) is 5.75 Å². The molecule has 0 fully saturated rings. The van der Waals surface area contributed by atoms with Gasteiger partial charge in [-0.3, -0.25) is 9.59 Å². The molecule has 0 aliphatic carbocycles. The van der Waals surface area contributed by atoms with Crippen LogP contribution in [-0.4, -0.2) is 43.6 Å². The Morgan fingerprint density at radius 2 is 2.10 bits per heavy atom. The number of benzene rings is 1. The molecule has 5 nitrogen and oxygen atoms in total. The van der Waals surface area contributed by atoms with Crippen molar-refractivity contribution in [3.8, 4) is 5.75 Å². The van der Waals surface area contributed by atoms with Crippen molar-refractivity contribution in [2.24, 2.45) is 0 Å². The average molecular weight is 379 g/mol. The number of amides is 1. The molecule has 0 saturated heterocycles. The van der Waals surface area contributed by atoms with Crippen LogP contribution in [-0.2, 0) is 14.3 Å². The summed E-state index contributed by atoms with van der Waals surface area (Å²) < 4.78 is 10.8. The highest BCUT2D eigenvalue weighted by Crippen LogP contribution is 2.27.